The standard InChI is InChI=1S/C12H15F2NO2/c13-9-2-1-3-10(11(9)14)15-8-12(16)4-6-17-7-5-12/h1-3,15-16H,4-8H2. The van der Waals surface area contributed by atoms with E-state index < -0.39 is 17.2 Å². The molecule has 5 heteroatoms. The van der Waals surface area contributed by atoms with Crippen LogP contribution < -0.4 is 5.32 Å². The molecular formula is C12H15F2NO2. The fourth-order valence-corrected chi connectivity index (χ4v) is 1.83. The molecule has 0 bridgehead atoms. The number of aliphatic hydroxyl groups is 1. The van der Waals surface area contributed by atoms with Crippen molar-refractivity contribution in [1.29, 1.82) is 0 Å². The van der Waals surface area contributed by atoms with Crippen LogP contribution >= 0.6 is 0 Å². The number of hydrogen-bond donors (Lipinski definition) is 2. The summed E-state index contributed by atoms with van der Waals surface area (Å²) in [6.07, 6.45) is 0.994. The van der Waals surface area contributed by atoms with E-state index in [1.807, 2.05) is 0 Å². The Balaban J connectivity index is 1.99. The normalized spacial score (nSPS) is 19.0. The van der Waals surface area contributed by atoms with Crippen molar-refractivity contribution in [2.75, 3.05) is 25.1 Å². The van der Waals surface area contributed by atoms with E-state index >= 15 is 0 Å². The minimum absolute atomic E-state index is 0.0740. The maximum absolute atomic E-state index is 13.3. The zero-order valence-corrected chi connectivity index (χ0v) is 9.38. The molecule has 1 aliphatic heterocycles. The van der Waals surface area contributed by atoms with Gasteiger partial charge in [-0.3, -0.25) is 0 Å². The highest BCUT2D eigenvalue weighted by atomic mass is 19.2. The van der Waals surface area contributed by atoms with Crippen molar-refractivity contribution in [2.45, 2.75) is 18.4 Å². The first-order valence-corrected chi connectivity index (χ1v) is 5.59. The van der Waals surface area contributed by atoms with Crippen LogP contribution in [0.15, 0.2) is 18.2 Å². The van der Waals surface area contributed by atoms with Gasteiger partial charge >= 0.3 is 0 Å². The summed E-state index contributed by atoms with van der Waals surface area (Å²) in [4.78, 5) is 0. The van der Waals surface area contributed by atoms with Gasteiger partial charge in [-0.05, 0) is 12.1 Å². The Morgan fingerprint density at radius 2 is 2.00 bits per heavy atom. The van der Waals surface area contributed by atoms with Gasteiger partial charge in [-0.15, -0.1) is 0 Å². The van der Waals surface area contributed by atoms with E-state index in [0.29, 0.717) is 26.1 Å². The smallest absolute Gasteiger partial charge is 0.181 e. The number of hydrogen-bond acceptors (Lipinski definition) is 3. The summed E-state index contributed by atoms with van der Waals surface area (Å²) in [6.45, 7) is 1.17. The summed E-state index contributed by atoms with van der Waals surface area (Å²) >= 11 is 0. The van der Waals surface area contributed by atoms with Crippen LogP contribution in [0.5, 0.6) is 0 Å². The van der Waals surface area contributed by atoms with Gasteiger partial charge in [0.1, 0.15) is 0 Å². The third-order valence-corrected chi connectivity index (χ3v) is 2.98. The molecule has 1 saturated heterocycles. The number of ether oxygens (including phenoxy) is 1. The molecule has 2 rings (SSSR count). The van der Waals surface area contributed by atoms with E-state index in [1.165, 1.54) is 12.1 Å². The van der Waals surface area contributed by atoms with Crippen LogP contribution in [0, 0.1) is 11.6 Å². The van der Waals surface area contributed by atoms with Crippen molar-refractivity contribution in [2.24, 2.45) is 0 Å². The second-order valence-corrected chi connectivity index (χ2v) is 4.29. The van der Waals surface area contributed by atoms with Gasteiger partial charge in [0.05, 0.1) is 11.3 Å². The third-order valence-electron chi connectivity index (χ3n) is 2.98. The molecule has 0 radical (unpaired) electrons. The van der Waals surface area contributed by atoms with Crippen LogP contribution in [0.4, 0.5) is 14.5 Å². The Bertz CT molecular complexity index is 392. The monoisotopic (exact) mass is 243 g/mol. The molecular weight excluding hydrogens is 228 g/mol. The molecule has 17 heavy (non-hydrogen) atoms. The first-order chi connectivity index (χ1) is 8.11. The van der Waals surface area contributed by atoms with Crippen LogP contribution in [-0.4, -0.2) is 30.5 Å². The van der Waals surface area contributed by atoms with Gasteiger partial charge < -0.3 is 15.2 Å². The molecule has 1 heterocycles. The highest BCUT2D eigenvalue weighted by Crippen LogP contribution is 2.23. The molecule has 0 atom stereocenters. The molecule has 3 nitrogen and oxygen atoms in total. The lowest BCUT2D eigenvalue weighted by atomic mass is 9.94. The second-order valence-electron chi connectivity index (χ2n) is 4.29. The second kappa shape index (κ2) is 4.98. The zero-order valence-electron chi connectivity index (χ0n) is 9.38. The van der Waals surface area contributed by atoms with Crippen molar-refractivity contribution in [3.8, 4) is 0 Å². The Kier molecular flexibility index (Phi) is 3.59. The SMILES string of the molecule is OC1(CNc2cccc(F)c2F)CCOCC1. The summed E-state index contributed by atoms with van der Waals surface area (Å²) in [5, 5.41) is 12.9. The number of rotatable bonds is 3. The number of halogens is 2. The van der Waals surface area contributed by atoms with Crippen molar-refractivity contribution in [1.82, 2.24) is 0 Å². The van der Waals surface area contributed by atoms with E-state index in [4.69, 9.17) is 4.74 Å². The highest BCUT2D eigenvalue weighted by molar-refractivity contribution is 5.45. The largest absolute Gasteiger partial charge is 0.388 e. The molecule has 0 saturated carbocycles. The molecule has 1 aromatic carbocycles. The van der Waals surface area contributed by atoms with Crippen molar-refractivity contribution in [3.05, 3.63) is 29.8 Å². The van der Waals surface area contributed by atoms with E-state index in [2.05, 4.69) is 5.32 Å². The lowest BCUT2D eigenvalue weighted by Crippen LogP contribution is -2.42. The van der Waals surface area contributed by atoms with Gasteiger partial charge in [-0.2, -0.15) is 0 Å². The summed E-state index contributed by atoms with van der Waals surface area (Å²) in [5.41, 5.74) is -0.832. The minimum Gasteiger partial charge on any atom is -0.388 e. The summed E-state index contributed by atoms with van der Waals surface area (Å²) in [5.74, 6) is -1.81. The summed E-state index contributed by atoms with van der Waals surface area (Å²) in [7, 11) is 0. The van der Waals surface area contributed by atoms with E-state index in [-0.39, 0.29) is 12.2 Å². The Hall–Kier alpha value is -1.20. The topological polar surface area (TPSA) is 41.5 Å². The fraction of sp³-hybridized carbons (Fsp3) is 0.500. The predicted octanol–water partition coefficient (Wildman–Crippen LogP) is 1.92. The predicted molar refractivity (Wildman–Crippen MR) is 59.9 cm³/mol. The van der Waals surface area contributed by atoms with E-state index in [0.717, 1.165) is 6.07 Å². The van der Waals surface area contributed by atoms with Crippen LogP contribution in [0.2, 0.25) is 0 Å². The maximum atomic E-state index is 13.3. The number of anilines is 1. The first kappa shape index (κ1) is 12.3. The first-order valence-electron chi connectivity index (χ1n) is 5.59. The molecule has 0 amide bonds. The van der Waals surface area contributed by atoms with Crippen molar-refractivity contribution >= 4 is 5.69 Å². The third kappa shape index (κ3) is 2.92. The van der Waals surface area contributed by atoms with Crippen LogP contribution in [-0.2, 0) is 4.74 Å². The maximum Gasteiger partial charge on any atom is 0.181 e. The molecule has 1 fully saturated rings. The van der Waals surface area contributed by atoms with Gasteiger partial charge in [-0.1, -0.05) is 6.07 Å². The molecule has 0 unspecified atom stereocenters. The van der Waals surface area contributed by atoms with E-state index in [1.54, 1.807) is 0 Å². The Morgan fingerprint density at radius 3 is 2.71 bits per heavy atom. The van der Waals surface area contributed by atoms with Gasteiger partial charge in [0, 0.05) is 32.6 Å². The molecule has 0 aliphatic carbocycles. The van der Waals surface area contributed by atoms with Crippen LogP contribution in [0.1, 0.15) is 12.8 Å². The van der Waals surface area contributed by atoms with Crippen molar-refractivity contribution < 1.29 is 18.6 Å². The molecule has 2 N–H and O–H groups in total. The fourth-order valence-electron chi connectivity index (χ4n) is 1.83. The lowest BCUT2D eigenvalue weighted by molar-refractivity contribution is -0.0543. The van der Waals surface area contributed by atoms with Gasteiger partial charge in [-0.25, -0.2) is 8.78 Å². The van der Waals surface area contributed by atoms with E-state index in [9.17, 15) is 13.9 Å². The molecule has 1 aromatic rings. The zero-order chi connectivity index (χ0) is 12.3. The van der Waals surface area contributed by atoms with Crippen LogP contribution in [0.3, 0.4) is 0 Å². The average molecular weight is 243 g/mol. The highest BCUT2D eigenvalue weighted by Gasteiger charge is 2.29. The molecule has 0 aromatic heterocycles. The Labute approximate surface area is 98.4 Å². The van der Waals surface area contributed by atoms with Gasteiger partial charge in [0.15, 0.2) is 11.6 Å². The average Bonchev–Trinajstić information content (AvgIpc) is 2.32. The molecule has 1 aliphatic rings. The minimum atomic E-state index is -0.914. The van der Waals surface area contributed by atoms with Crippen molar-refractivity contribution in [3.63, 3.8) is 0 Å². The summed E-state index contributed by atoms with van der Waals surface area (Å²) in [6, 6.07) is 3.93. The summed E-state index contributed by atoms with van der Waals surface area (Å²) < 4.78 is 31.4. The van der Waals surface area contributed by atoms with Gasteiger partial charge in [0.2, 0.25) is 0 Å². The van der Waals surface area contributed by atoms with Gasteiger partial charge in [0.25, 0.3) is 0 Å². The quantitative estimate of drug-likeness (QED) is 0.852. The number of nitrogens with one attached hydrogen (secondary N) is 1. The molecule has 0 spiro atoms. The number of benzene rings is 1. The Morgan fingerprint density at radius 1 is 1.29 bits per heavy atom. The van der Waals surface area contributed by atoms with Crippen LogP contribution in [0.25, 0.3) is 0 Å². The molecule has 94 valence electrons. The lowest BCUT2D eigenvalue weighted by Gasteiger charge is -2.32.